The molecule has 28 heavy (non-hydrogen) atoms. The summed E-state index contributed by atoms with van der Waals surface area (Å²) in [6.07, 6.45) is 1.97. The summed E-state index contributed by atoms with van der Waals surface area (Å²) in [7, 11) is 0. The van der Waals surface area contributed by atoms with E-state index in [9.17, 15) is 4.79 Å². The molecule has 1 saturated heterocycles. The molecule has 4 nitrogen and oxygen atoms in total. The van der Waals surface area contributed by atoms with E-state index in [1.54, 1.807) is 0 Å². The summed E-state index contributed by atoms with van der Waals surface area (Å²) >= 11 is 0. The first-order valence-electron chi connectivity index (χ1n) is 10.1. The van der Waals surface area contributed by atoms with Gasteiger partial charge in [-0.05, 0) is 56.4 Å². The number of carbonyl (C=O) groups excluding carboxylic acids is 1. The van der Waals surface area contributed by atoms with E-state index in [1.807, 2.05) is 18.7 Å². The molecule has 2 aliphatic rings. The number of hydrogen-bond acceptors (Lipinski definition) is 3. The van der Waals surface area contributed by atoms with Crippen molar-refractivity contribution < 1.29 is 9.21 Å². The fourth-order valence-electron chi connectivity index (χ4n) is 5.07. The molecule has 3 aromatic rings. The molecule has 2 aliphatic heterocycles. The highest BCUT2D eigenvalue weighted by atomic mass is 16.3. The third kappa shape index (κ3) is 2.40. The van der Waals surface area contributed by atoms with Gasteiger partial charge >= 0.3 is 0 Å². The second kappa shape index (κ2) is 6.13. The number of rotatable bonds is 1. The van der Waals surface area contributed by atoms with Gasteiger partial charge in [0.05, 0.1) is 0 Å². The maximum Gasteiger partial charge on any atom is 0.289 e. The van der Waals surface area contributed by atoms with E-state index in [4.69, 9.17) is 4.42 Å². The summed E-state index contributed by atoms with van der Waals surface area (Å²) < 4.78 is 6.10. The molecule has 3 heterocycles. The topological polar surface area (TPSA) is 45.5 Å². The van der Waals surface area contributed by atoms with Gasteiger partial charge in [-0.1, -0.05) is 30.3 Å². The number of nitrogens with zero attached hydrogens (tertiary/aromatic N) is 1. The third-order valence-corrected chi connectivity index (χ3v) is 6.80. The van der Waals surface area contributed by atoms with Gasteiger partial charge in [-0.2, -0.15) is 0 Å². The SMILES string of the molecule is Cc1ccc(C)c2c(C)c(C(=O)N3CCC4(CC3)CNc3ccccc34)oc12. The molecule has 144 valence electrons. The molecule has 0 bridgehead atoms. The summed E-state index contributed by atoms with van der Waals surface area (Å²) in [6, 6.07) is 12.8. The van der Waals surface area contributed by atoms with Gasteiger partial charge in [-0.15, -0.1) is 0 Å². The Morgan fingerprint density at radius 1 is 1.04 bits per heavy atom. The van der Waals surface area contributed by atoms with E-state index in [-0.39, 0.29) is 11.3 Å². The smallest absolute Gasteiger partial charge is 0.289 e. The number of benzene rings is 2. The van der Waals surface area contributed by atoms with Crippen LogP contribution in [0.25, 0.3) is 11.0 Å². The number of amides is 1. The zero-order valence-corrected chi connectivity index (χ0v) is 16.8. The molecule has 5 rings (SSSR count). The van der Waals surface area contributed by atoms with Crippen LogP contribution in [0, 0.1) is 20.8 Å². The Morgan fingerprint density at radius 3 is 2.50 bits per heavy atom. The van der Waals surface area contributed by atoms with E-state index in [0.29, 0.717) is 5.76 Å². The second-order valence-electron chi connectivity index (χ2n) is 8.43. The standard InChI is InChI=1S/C24H26N2O2/c1-15-8-9-16(2)21-20(15)17(3)22(28-21)23(27)26-12-10-24(11-13-26)14-25-19-7-5-4-6-18(19)24/h4-9,25H,10-14H2,1-3H3. The second-order valence-corrected chi connectivity index (χ2v) is 8.43. The number of piperidine rings is 1. The number of fused-ring (bicyclic) bond motifs is 3. The minimum absolute atomic E-state index is 0.0293. The predicted molar refractivity (Wildman–Crippen MR) is 112 cm³/mol. The van der Waals surface area contributed by atoms with Gasteiger partial charge in [0.1, 0.15) is 5.58 Å². The van der Waals surface area contributed by atoms with Crippen LogP contribution in [0.2, 0.25) is 0 Å². The monoisotopic (exact) mass is 374 g/mol. The first kappa shape index (κ1) is 17.4. The molecule has 1 aromatic heterocycles. The number of nitrogens with one attached hydrogen (secondary N) is 1. The molecule has 0 atom stereocenters. The summed E-state index contributed by atoms with van der Waals surface area (Å²) in [5.74, 6) is 0.537. The van der Waals surface area contributed by atoms with Crippen LogP contribution in [0.4, 0.5) is 5.69 Å². The van der Waals surface area contributed by atoms with E-state index >= 15 is 0 Å². The number of hydrogen-bond donors (Lipinski definition) is 1. The molecule has 4 heteroatoms. The lowest BCUT2D eigenvalue weighted by Crippen LogP contribution is -2.46. The van der Waals surface area contributed by atoms with Crippen molar-refractivity contribution in [3.8, 4) is 0 Å². The lowest BCUT2D eigenvalue weighted by atomic mass is 9.74. The van der Waals surface area contributed by atoms with Crippen LogP contribution in [0.1, 0.15) is 45.7 Å². The highest BCUT2D eigenvalue weighted by Crippen LogP contribution is 2.44. The van der Waals surface area contributed by atoms with E-state index in [2.05, 4.69) is 48.6 Å². The van der Waals surface area contributed by atoms with Crippen molar-refractivity contribution in [1.29, 1.82) is 0 Å². The molecule has 0 radical (unpaired) electrons. The van der Waals surface area contributed by atoms with Crippen molar-refractivity contribution in [1.82, 2.24) is 4.90 Å². The van der Waals surface area contributed by atoms with Gasteiger partial charge in [0.25, 0.3) is 5.91 Å². The highest BCUT2D eigenvalue weighted by Gasteiger charge is 2.42. The zero-order valence-electron chi connectivity index (χ0n) is 16.8. The Balaban J connectivity index is 1.42. The van der Waals surface area contributed by atoms with E-state index in [1.165, 1.54) is 11.3 Å². The van der Waals surface area contributed by atoms with Crippen LogP contribution in [0.5, 0.6) is 0 Å². The van der Waals surface area contributed by atoms with Crippen molar-refractivity contribution in [2.24, 2.45) is 0 Å². The molecule has 0 unspecified atom stereocenters. The van der Waals surface area contributed by atoms with Gasteiger partial charge in [0.2, 0.25) is 0 Å². The number of para-hydroxylation sites is 1. The van der Waals surface area contributed by atoms with Crippen LogP contribution in [-0.4, -0.2) is 30.4 Å². The lowest BCUT2D eigenvalue weighted by Gasteiger charge is -2.39. The Morgan fingerprint density at radius 2 is 1.75 bits per heavy atom. The Kier molecular flexibility index (Phi) is 3.80. The Labute approximate surface area is 165 Å². The van der Waals surface area contributed by atoms with Gasteiger partial charge < -0.3 is 14.6 Å². The maximum absolute atomic E-state index is 13.3. The molecular formula is C24H26N2O2. The normalized spacial score (nSPS) is 17.8. The average molecular weight is 374 g/mol. The van der Waals surface area contributed by atoms with Gasteiger partial charge in [0, 0.05) is 41.7 Å². The Bertz CT molecular complexity index is 1090. The molecule has 1 spiro atoms. The molecule has 0 aliphatic carbocycles. The molecule has 1 N–H and O–H groups in total. The summed E-state index contributed by atoms with van der Waals surface area (Å²) in [6.45, 7) is 8.62. The number of anilines is 1. The molecular weight excluding hydrogens is 348 g/mol. The lowest BCUT2D eigenvalue weighted by molar-refractivity contribution is 0.0645. The predicted octanol–water partition coefficient (Wildman–Crippen LogP) is 4.96. The van der Waals surface area contributed by atoms with Crippen molar-refractivity contribution in [2.45, 2.75) is 39.0 Å². The molecule has 0 saturated carbocycles. The van der Waals surface area contributed by atoms with Crippen LogP contribution in [0.15, 0.2) is 40.8 Å². The average Bonchev–Trinajstić information content (AvgIpc) is 3.25. The third-order valence-electron chi connectivity index (χ3n) is 6.80. The fourth-order valence-corrected chi connectivity index (χ4v) is 5.07. The number of furan rings is 1. The van der Waals surface area contributed by atoms with Crippen LogP contribution < -0.4 is 5.32 Å². The summed E-state index contributed by atoms with van der Waals surface area (Å²) in [5.41, 5.74) is 6.87. The number of aryl methyl sites for hydroxylation is 3. The number of likely N-dealkylation sites (tertiary alicyclic amines) is 1. The van der Waals surface area contributed by atoms with Gasteiger partial charge in [-0.3, -0.25) is 4.79 Å². The minimum atomic E-state index is 0.0293. The molecule has 1 amide bonds. The fraction of sp³-hybridized carbons (Fsp3) is 0.375. The minimum Gasteiger partial charge on any atom is -0.450 e. The quantitative estimate of drug-likeness (QED) is 0.655. The number of carbonyl (C=O) groups is 1. The Hall–Kier alpha value is -2.75. The molecule has 2 aromatic carbocycles. The summed E-state index contributed by atoms with van der Waals surface area (Å²) in [4.78, 5) is 15.3. The van der Waals surface area contributed by atoms with Crippen molar-refractivity contribution in [3.05, 3.63) is 64.4 Å². The van der Waals surface area contributed by atoms with Crippen LogP contribution in [0.3, 0.4) is 0 Å². The van der Waals surface area contributed by atoms with Crippen molar-refractivity contribution >= 4 is 22.6 Å². The molecule has 1 fully saturated rings. The highest BCUT2D eigenvalue weighted by molar-refractivity contribution is 6.00. The van der Waals surface area contributed by atoms with Gasteiger partial charge in [0.15, 0.2) is 5.76 Å². The van der Waals surface area contributed by atoms with Gasteiger partial charge in [-0.25, -0.2) is 0 Å². The van der Waals surface area contributed by atoms with Crippen LogP contribution in [-0.2, 0) is 5.41 Å². The van der Waals surface area contributed by atoms with E-state index in [0.717, 1.165) is 60.1 Å². The first-order chi connectivity index (χ1) is 13.5. The van der Waals surface area contributed by atoms with E-state index < -0.39 is 0 Å². The summed E-state index contributed by atoms with van der Waals surface area (Å²) in [5, 5.41) is 4.64. The largest absolute Gasteiger partial charge is 0.450 e. The van der Waals surface area contributed by atoms with Crippen LogP contribution >= 0.6 is 0 Å². The first-order valence-corrected chi connectivity index (χ1v) is 10.1. The zero-order chi connectivity index (χ0) is 19.5. The maximum atomic E-state index is 13.3. The van der Waals surface area contributed by atoms with Crippen molar-refractivity contribution in [3.63, 3.8) is 0 Å². The van der Waals surface area contributed by atoms with Crippen molar-refractivity contribution in [2.75, 3.05) is 25.0 Å².